The average Bonchev–Trinajstić information content (AvgIpc) is 2.17. The molecule has 1 atom stereocenters. The topological polar surface area (TPSA) is 26.3 Å². The summed E-state index contributed by atoms with van der Waals surface area (Å²) in [6, 6.07) is 5.49. The Kier molecular flexibility index (Phi) is 3.96. The Morgan fingerprint density at radius 3 is 2.86 bits per heavy atom. The van der Waals surface area contributed by atoms with Gasteiger partial charge >= 0.3 is 0 Å². The number of carbonyl (C=O) groups is 1. The molecule has 0 spiro atoms. The van der Waals surface area contributed by atoms with Crippen LogP contribution in [0, 0.1) is 0 Å². The van der Waals surface area contributed by atoms with Crippen molar-refractivity contribution in [3.8, 4) is 5.75 Å². The van der Waals surface area contributed by atoms with Gasteiger partial charge in [0.15, 0.2) is 0 Å². The third-order valence-corrected chi connectivity index (χ3v) is 2.50. The number of rotatable bonds is 4. The van der Waals surface area contributed by atoms with Gasteiger partial charge in [-0.2, -0.15) is 0 Å². The summed E-state index contributed by atoms with van der Waals surface area (Å²) in [5, 5.41) is 0.652. The molecule has 1 rings (SSSR count). The molecule has 0 aliphatic carbocycles. The molecule has 0 aliphatic heterocycles. The van der Waals surface area contributed by atoms with Crippen LogP contribution in [0.2, 0.25) is 5.02 Å². The van der Waals surface area contributed by atoms with E-state index in [0.717, 1.165) is 17.6 Å². The Hall–Kier alpha value is -1.02. The summed E-state index contributed by atoms with van der Waals surface area (Å²) < 4.78 is 5.19. The van der Waals surface area contributed by atoms with Crippen LogP contribution >= 0.6 is 11.6 Å². The molecule has 0 aliphatic rings. The summed E-state index contributed by atoms with van der Waals surface area (Å²) in [6.45, 7) is 1.96. The lowest BCUT2D eigenvalue weighted by Crippen LogP contribution is -1.99. The van der Waals surface area contributed by atoms with Crippen molar-refractivity contribution in [3.05, 3.63) is 28.8 Å². The zero-order chi connectivity index (χ0) is 10.6. The number of ether oxygens (including phenoxy) is 1. The van der Waals surface area contributed by atoms with Crippen molar-refractivity contribution in [3.63, 3.8) is 0 Å². The molecule has 0 aromatic heterocycles. The number of hydrogen-bond acceptors (Lipinski definition) is 2. The minimum atomic E-state index is 0.0937. The fourth-order valence-electron chi connectivity index (χ4n) is 1.44. The average molecular weight is 213 g/mol. The van der Waals surface area contributed by atoms with E-state index in [-0.39, 0.29) is 5.92 Å². The number of aldehydes is 1. The smallest absolute Gasteiger partial charge is 0.123 e. The maximum atomic E-state index is 10.4. The van der Waals surface area contributed by atoms with Crippen LogP contribution in [0.25, 0.3) is 0 Å². The highest BCUT2D eigenvalue weighted by molar-refractivity contribution is 6.31. The number of carbonyl (C=O) groups excluding carboxylic acids is 1. The van der Waals surface area contributed by atoms with Crippen LogP contribution in [0.4, 0.5) is 0 Å². The van der Waals surface area contributed by atoms with E-state index in [0.29, 0.717) is 11.4 Å². The Bertz CT molecular complexity index is 323. The molecule has 1 aromatic carbocycles. The highest BCUT2D eigenvalue weighted by Crippen LogP contribution is 2.34. The van der Waals surface area contributed by atoms with Crippen LogP contribution in [0.5, 0.6) is 5.75 Å². The standard InChI is InChI=1S/C11H13ClO2/c1-8(6-7-13)11-9(12)4-3-5-10(11)14-2/h3-5,7-8H,6H2,1-2H3. The molecule has 14 heavy (non-hydrogen) atoms. The molecule has 0 N–H and O–H groups in total. The van der Waals surface area contributed by atoms with Crippen LogP contribution in [0.3, 0.4) is 0 Å². The van der Waals surface area contributed by atoms with Gasteiger partial charge in [0.05, 0.1) is 7.11 Å². The predicted octanol–water partition coefficient (Wildman–Crippen LogP) is 3.04. The highest BCUT2D eigenvalue weighted by Gasteiger charge is 2.14. The van der Waals surface area contributed by atoms with Gasteiger partial charge in [0.25, 0.3) is 0 Å². The van der Waals surface area contributed by atoms with Crippen molar-refractivity contribution in [1.29, 1.82) is 0 Å². The summed E-state index contributed by atoms with van der Waals surface area (Å²) in [6.07, 6.45) is 1.35. The summed E-state index contributed by atoms with van der Waals surface area (Å²) in [5.74, 6) is 0.836. The van der Waals surface area contributed by atoms with Gasteiger partial charge in [0, 0.05) is 17.0 Å². The molecule has 0 heterocycles. The van der Waals surface area contributed by atoms with Crippen LogP contribution in [0.15, 0.2) is 18.2 Å². The van der Waals surface area contributed by atoms with Crippen molar-refractivity contribution in [2.24, 2.45) is 0 Å². The molecule has 1 aromatic rings. The first-order valence-electron chi connectivity index (χ1n) is 4.46. The van der Waals surface area contributed by atoms with Gasteiger partial charge in [0.2, 0.25) is 0 Å². The van der Waals surface area contributed by atoms with E-state index in [1.807, 2.05) is 19.1 Å². The molecule has 0 fully saturated rings. The Balaban J connectivity index is 3.09. The van der Waals surface area contributed by atoms with Crippen LogP contribution in [-0.2, 0) is 4.79 Å². The monoisotopic (exact) mass is 212 g/mol. The lowest BCUT2D eigenvalue weighted by molar-refractivity contribution is -0.108. The van der Waals surface area contributed by atoms with Crippen LogP contribution < -0.4 is 4.74 Å². The molecular weight excluding hydrogens is 200 g/mol. The quantitative estimate of drug-likeness (QED) is 0.718. The fourth-order valence-corrected chi connectivity index (χ4v) is 1.79. The second-order valence-electron chi connectivity index (χ2n) is 3.16. The number of halogens is 1. The van der Waals surface area contributed by atoms with Crippen molar-refractivity contribution in [2.75, 3.05) is 7.11 Å². The van der Waals surface area contributed by atoms with E-state index in [1.165, 1.54) is 0 Å². The van der Waals surface area contributed by atoms with E-state index in [9.17, 15) is 4.79 Å². The van der Waals surface area contributed by atoms with Crippen molar-refractivity contribution in [1.82, 2.24) is 0 Å². The summed E-state index contributed by atoms with van der Waals surface area (Å²) in [5.41, 5.74) is 0.906. The number of methoxy groups -OCH3 is 1. The van der Waals surface area contributed by atoms with E-state index in [4.69, 9.17) is 16.3 Å². The second-order valence-corrected chi connectivity index (χ2v) is 3.57. The SMILES string of the molecule is COc1cccc(Cl)c1C(C)CC=O. The molecule has 1 unspecified atom stereocenters. The lowest BCUT2D eigenvalue weighted by Gasteiger charge is -2.14. The van der Waals surface area contributed by atoms with Gasteiger partial charge in [-0.1, -0.05) is 24.6 Å². The number of hydrogen-bond donors (Lipinski definition) is 0. The van der Waals surface area contributed by atoms with Gasteiger partial charge in [-0.25, -0.2) is 0 Å². The Morgan fingerprint density at radius 2 is 2.29 bits per heavy atom. The lowest BCUT2D eigenvalue weighted by atomic mass is 9.97. The zero-order valence-corrected chi connectivity index (χ0v) is 9.04. The molecule has 76 valence electrons. The van der Waals surface area contributed by atoms with E-state index in [1.54, 1.807) is 13.2 Å². The second kappa shape index (κ2) is 5.01. The largest absolute Gasteiger partial charge is 0.496 e. The Labute approximate surface area is 88.8 Å². The normalized spacial score (nSPS) is 12.2. The molecule has 0 saturated heterocycles. The summed E-state index contributed by atoms with van der Waals surface area (Å²) in [4.78, 5) is 10.4. The molecule has 0 radical (unpaired) electrons. The minimum Gasteiger partial charge on any atom is -0.496 e. The van der Waals surface area contributed by atoms with Crippen LogP contribution in [0.1, 0.15) is 24.8 Å². The maximum absolute atomic E-state index is 10.4. The first kappa shape index (κ1) is 11.1. The van der Waals surface area contributed by atoms with Crippen molar-refractivity contribution < 1.29 is 9.53 Å². The van der Waals surface area contributed by atoms with E-state index < -0.39 is 0 Å². The molecule has 3 heteroatoms. The third kappa shape index (κ3) is 2.26. The third-order valence-electron chi connectivity index (χ3n) is 2.18. The van der Waals surface area contributed by atoms with Gasteiger partial charge in [-0.3, -0.25) is 0 Å². The van der Waals surface area contributed by atoms with E-state index >= 15 is 0 Å². The first-order valence-corrected chi connectivity index (χ1v) is 4.84. The molecule has 0 bridgehead atoms. The fraction of sp³-hybridized carbons (Fsp3) is 0.364. The van der Waals surface area contributed by atoms with Crippen LogP contribution in [-0.4, -0.2) is 13.4 Å². The van der Waals surface area contributed by atoms with Crippen molar-refractivity contribution in [2.45, 2.75) is 19.3 Å². The van der Waals surface area contributed by atoms with Gasteiger partial charge < -0.3 is 9.53 Å². The first-order chi connectivity index (χ1) is 6.70. The molecule has 0 amide bonds. The minimum absolute atomic E-state index is 0.0937. The van der Waals surface area contributed by atoms with Gasteiger partial charge in [-0.15, -0.1) is 0 Å². The van der Waals surface area contributed by atoms with Crippen molar-refractivity contribution >= 4 is 17.9 Å². The molecular formula is C11H13ClO2. The van der Waals surface area contributed by atoms with Gasteiger partial charge in [0.1, 0.15) is 12.0 Å². The number of benzene rings is 1. The van der Waals surface area contributed by atoms with E-state index in [2.05, 4.69) is 0 Å². The van der Waals surface area contributed by atoms with Gasteiger partial charge in [-0.05, 0) is 18.1 Å². The summed E-state index contributed by atoms with van der Waals surface area (Å²) in [7, 11) is 1.60. The maximum Gasteiger partial charge on any atom is 0.123 e. The molecule has 2 nitrogen and oxygen atoms in total. The molecule has 0 saturated carbocycles. The predicted molar refractivity (Wildman–Crippen MR) is 57.1 cm³/mol. The zero-order valence-electron chi connectivity index (χ0n) is 8.29. The highest BCUT2D eigenvalue weighted by atomic mass is 35.5. The summed E-state index contributed by atoms with van der Waals surface area (Å²) >= 11 is 6.04. The Morgan fingerprint density at radius 1 is 1.57 bits per heavy atom.